The second-order valence-corrected chi connectivity index (χ2v) is 1.66. The van der Waals surface area contributed by atoms with E-state index < -0.39 is 0 Å². The Balaban J connectivity index is 3.01. The van der Waals surface area contributed by atoms with Crippen molar-refractivity contribution in [3.05, 3.63) is 30.1 Å². The van der Waals surface area contributed by atoms with Crippen molar-refractivity contribution >= 4 is 5.69 Å². The van der Waals surface area contributed by atoms with Crippen molar-refractivity contribution in [1.29, 1.82) is 0 Å². The number of nitrogens with one attached hydrogen (secondary N) is 1. The van der Waals surface area contributed by atoms with Crippen molar-refractivity contribution in [2.45, 2.75) is 0 Å². The number of halogens is 1. The monoisotopic (exact) mass is 124 g/mol. The second kappa shape index (κ2) is 2.49. The summed E-state index contributed by atoms with van der Waals surface area (Å²) in [5, 5.41) is 2.69. The zero-order valence-electron chi connectivity index (χ0n) is 5.11. The second-order valence-electron chi connectivity index (χ2n) is 1.66. The van der Waals surface area contributed by atoms with Gasteiger partial charge in [0, 0.05) is 7.05 Å². The molecule has 47 valence electrons. The maximum atomic E-state index is 12.5. The summed E-state index contributed by atoms with van der Waals surface area (Å²) in [5.74, 6) is -0.240. The van der Waals surface area contributed by atoms with E-state index in [0.717, 1.165) is 0 Å². The van der Waals surface area contributed by atoms with Crippen LogP contribution < -0.4 is 5.32 Å². The Labute approximate surface area is 53.5 Å². The predicted molar refractivity (Wildman–Crippen MR) is 34.8 cm³/mol. The Morgan fingerprint density at radius 2 is 2.44 bits per heavy atom. The molecule has 0 fully saturated rings. The van der Waals surface area contributed by atoms with Crippen molar-refractivity contribution in [3.8, 4) is 0 Å². The number of hydrogen-bond donors (Lipinski definition) is 1. The van der Waals surface area contributed by atoms with Gasteiger partial charge in [0.2, 0.25) is 0 Å². The molecule has 0 bridgehead atoms. The van der Waals surface area contributed by atoms with E-state index >= 15 is 0 Å². The molecule has 1 radical (unpaired) electrons. The first-order chi connectivity index (χ1) is 4.34. The minimum absolute atomic E-state index is 0.240. The van der Waals surface area contributed by atoms with Crippen LogP contribution in [-0.4, -0.2) is 7.05 Å². The van der Waals surface area contributed by atoms with Crippen molar-refractivity contribution in [2.24, 2.45) is 0 Å². The lowest BCUT2D eigenvalue weighted by molar-refractivity contribution is 0.631. The maximum Gasteiger partial charge on any atom is 0.146 e. The third-order valence-corrected chi connectivity index (χ3v) is 1.08. The highest BCUT2D eigenvalue weighted by Crippen LogP contribution is 2.09. The van der Waals surface area contributed by atoms with Gasteiger partial charge < -0.3 is 5.32 Å². The van der Waals surface area contributed by atoms with Crippen molar-refractivity contribution in [3.63, 3.8) is 0 Å². The van der Waals surface area contributed by atoms with Crippen LogP contribution in [0, 0.1) is 11.9 Å². The van der Waals surface area contributed by atoms with Crippen LogP contribution in [0.4, 0.5) is 10.1 Å². The van der Waals surface area contributed by atoms with E-state index in [1.165, 1.54) is 12.1 Å². The molecule has 9 heavy (non-hydrogen) atoms. The number of rotatable bonds is 1. The molecule has 2 heteroatoms. The van der Waals surface area contributed by atoms with Gasteiger partial charge in [0.15, 0.2) is 0 Å². The van der Waals surface area contributed by atoms with Crippen molar-refractivity contribution in [2.75, 3.05) is 12.4 Å². The largest absolute Gasteiger partial charge is 0.386 e. The SMILES string of the molecule is CNc1c[c]ccc1F. The van der Waals surface area contributed by atoms with E-state index in [9.17, 15) is 4.39 Å². The van der Waals surface area contributed by atoms with E-state index in [-0.39, 0.29) is 5.82 Å². The van der Waals surface area contributed by atoms with Crippen LogP contribution in [0.15, 0.2) is 18.2 Å². The fraction of sp³-hybridized carbons (Fsp3) is 0.143. The molecule has 0 aliphatic carbocycles. The molecule has 0 aliphatic heterocycles. The highest BCUT2D eigenvalue weighted by atomic mass is 19.1. The molecule has 0 aromatic heterocycles. The zero-order chi connectivity index (χ0) is 6.69. The maximum absolute atomic E-state index is 12.5. The summed E-state index contributed by atoms with van der Waals surface area (Å²) in [7, 11) is 1.67. The molecule has 1 nitrogen and oxygen atoms in total. The summed E-state index contributed by atoms with van der Waals surface area (Å²) in [6.45, 7) is 0. The first kappa shape index (κ1) is 6.08. The summed E-state index contributed by atoms with van der Waals surface area (Å²) in [4.78, 5) is 0. The minimum Gasteiger partial charge on any atom is -0.386 e. The molecule has 1 N–H and O–H groups in total. The normalized spacial score (nSPS) is 9.11. The molecule has 0 atom stereocenters. The van der Waals surface area contributed by atoms with Gasteiger partial charge in [-0.05, 0) is 18.2 Å². The van der Waals surface area contributed by atoms with Gasteiger partial charge in [-0.1, -0.05) is 6.07 Å². The molecule has 0 amide bonds. The molecule has 1 aromatic rings. The Kier molecular flexibility index (Phi) is 1.68. The van der Waals surface area contributed by atoms with Crippen LogP contribution in [0.5, 0.6) is 0 Å². The third-order valence-electron chi connectivity index (χ3n) is 1.08. The molecular formula is C7H7FN. The van der Waals surface area contributed by atoms with Crippen molar-refractivity contribution < 1.29 is 4.39 Å². The fourth-order valence-corrected chi connectivity index (χ4v) is 0.603. The topological polar surface area (TPSA) is 12.0 Å². The van der Waals surface area contributed by atoms with Crippen LogP contribution in [0.3, 0.4) is 0 Å². The predicted octanol–water partition coefficient (Wildman–Crippen LogP) is 1.67. The summed E-state index contributed by atoms with van der Waals surface area (Å²) < 4.78 is 12.5. The molecule has 0 saturated heterocycles. The Hall–Kier alpha value is -1.05. The zero-order valence-corrected chi connectivity index (χ0v) is 5.11. The Bertz CT molecular complexity index is 198. The molecule has 0 spiro atoms. The van der Waals surface area contributed by atoms with Crippen LogP contribution in [0.1, 0.15) is 0 Å². The molecule has 1 rings (SSSR count). The van der Waals surface area contributed by atoms with E-state index in [2.05, 4.69) is 11.4 Å². The average Bonchev–Trinajstić information content (AvgIpc) is 1.89. The van der Waals surface area contributed by atoms with Gasteiger partial charge in [-0.2, -0.15) is 0 Å². The Morgan fingerprint density at radius 1 is 1.67 bits per heavy atom. The van der Waals surface area contributed by atoms with E-state index in [1.807, 2.05) is 0 Å². The first-order valence-corrected chi connectivity index (χ1v) is 2.68. The van der Waals surface area contributed by atoms with Crippen LogP contribution in [-0.2, 0) is 0 Å². The summed E-state index contributed by atoms with van der Waals surface area (Å²) in [6.07, 6.45) is 0. The standard InChI is InChI=1S/C7H7FN/c1-9-7-5-3-2-4-6(7)8/h2,4-5,9H,1H3. The molecule has 0 saturated carbocycles. The first-order valence-electron chi connectivity index (χ1n) is 2.68. The number of anilines is 1. The van der Waals surface area contributed by atoms with Gasteiger partial charge in [0.05, 0.1) is 5.69 Å². The van der Waals surface area contributed by atoms with E-state index in [4.69, 9.17) is 0 Å². The van der Waals surface area contributed by atoms with Crippen molar-refractivity contribution in [1.82, 2.24) is 0 Å². The van der Waals surface area contributed by atoms with E-state index in [0.29, 0.717) is 5.69 Å². The average molecular weight is 124 g/mol. The minimum atomic E-state index is -0.240. The van der Waals surface area contributed by atoms with Gasteiger partial charge in [0.25, 0.3) is 0 Å². The van der Waals surface area contributed by atoms with Gasteiger partial charge in [-0.15, -0.1) is 0 Å². The van der Waals surface area contributed by atoms with Gasteiger partial charge in [-0.3, -0.25) is 0 Å². The smallest absolute Gasteiger partial charge is 0.146 e. The highest BCUT2D eigenvalue weighted by molar-refractivity contribution is 5.42. The quantitative estimate of drug-likeness (QED) is 0.600. The van der Waals surface area contributed by atoms with Gasteiger partial charge >= 0.3 is 0 Å². The fourth-order valence-electron chi connectivity index (χ4n) is 0.603. The molecular weight excluding hydrogens is 117 g/mol. The van der Waals surface area contributed by atoms with Crippen LogP contribution in [0.25, 0.3) is 0 Å². The summed E-state index contributed by atoms with van der Waals surface area (Å²) >= 11 is 0. The lowest BCUT2D eigenvalue weighted by atomic mass is 10.3. The lowest BCUT2D eigenvalue weighted by Crippen LogP contribution is -1.90. The van der Waals surface area contributed by atoms with E-state index in [1.54, 1.807) is 13.1 Å². The lowest BCUT2D eigenvalue weighted by Gasteiger charge is -1.97. The van der Waals surface area contributed by atoms with Gasteiger partial charge in [0.1, 0.15) is 5.82 Å². The van der Waals surface area contributed by atoms with Crippen LogP contribution in [0.2, 0.25) is 0 Å². The Morgan fingerprint density at radius 3 is 2.89 bits per heavy atom. The molecule has 1 aromatic carbocycles. The van der Waals surface area contributed by atoms with Crippen LogP contribution >= 0.6 is 0 Å². The number of hydrogen-bond acceptors (Lipinski definition) is 1. The summed E-state index contributed by atoms with van der Waals surface area (Å²) in [6, 6.07) is 7.22. The molecule has 0 unspecified atom stereocenters. The third kappa shape index (κ3) is 1.19. The highest BCUT2D eigenvalue weighted by Gasteiger charge is 1.93. The molecule has 0 heterocycles. The molecule has 0 aliphatic rings. The van der Waals surface area contributed by atoms with Gasteiger partial charge in [-0.25, -0.2) is 4.39 Å². The number of benzene rings is 1. The summed E-state index contributed by atoms with van der Waals surface area (Å²) in [5.41, 5.74) is 0.484.